The van der Waals surface area contributed by atoms with Crippen molar-refractivity contribution in [1.82, 2.24) is 4.98 Å². The number of thiophene rings is 1. The van der Waals surface area contributed by atoms with Gasteiger partial charge in [-0.15, -0.1) is 11.3 Å². The number of benzene rings is 2. The zero-order chi connectivity index (χ0) is 21.6. The number of ether oxygens (including phenoxy) is 1. The molecule has 0 bridgehead atoms. The van der Waals surface area contributed by atoms with E-state index in [9.17, 15) is 9.59 Å². The monoisotopic (exact) mass is 431 g/mol. The van der Waals surface area contributed by atoms with Crippen molar-refractivity contribution >= 4 is 38.3 Å². The first kappa shape index (κ1) is 20.7. The number of nitrogens with two attached hydrogens (primary N) is 1. The highest BCUT2D eigenvalue weighted by molar-refractivity contribution is 7.22. The molecule has 0 saturated carbocycles. The van der Waals surface area contributed by atoms with E-state index in [2.05, 4.69) is 10.3 Å². The van der Waals surface area contributed by atoms with E-state index < -0.39 is 5.92 Å². The second-order valence-electron chi connectivity index (χ2n) is 6.99. The second-order valence-corrected chi connectivity index (χ2v) is 8.07. The number of carbonyl (C=O) groups is 2. The summed E-state index contributed by atoms with van der Waals surface area (Å²) < 4.78 is 6.36. The Balaban J connectivity index is 1.39. The number of anilines is 1. The minimum Gasteiger partial charge on any atom is -0.457 e. The fourth-order valence-electron chi connectivity index (χ4n) is 3.20. The highest BCUT2D eigenvalue weighted by Gasteiger charge is 2.20. The van der Waals surface area contributed by atoms with E-state index in [-0.39, 0.29) is 25.0 Å². The Labute approximate surface area is 183 Å². The maximum Gasteiger partial charge on any atom is 0.338 e. The molecule has 0 spiro atoms. The molecule has 0 aliphatic carbocycles. The van der Waals surface area contributed by atoms with Gasteiger partial charge < -0.3 is 15.8 Å². The highest BCUT2D eigenvalue weighted by Crippen LogP contribution is 2.30. The molecule has 7 heteroatoms. The number of fused-ring (bicyclic) bond motifs is 1. The number of aromatic nitrogens is 1. The molecule has 156 valence electrons. The van der Waals surface area contributed by atoms with Gasteiger partial charge in [0.2, 0.25) is 5.91 Å². The van der Waals surface area contributed by atoms with Crippen LogP contribution in [-0.2, 0) is 16.1 Å². The predicted octanol–water partition coefficient (Wildman–Crippen LogP) is 4.33. The first-order valence-electron chi connectivity index (χ1n) is 9.79. The molecule has 1 unspecified atom stereocenters. The Morgan fingerprint density at radius 3 is 2.55 bits per heavy atom. The van der Waals surface area contributed by atoms with E-state index in [1.54, 1.807) is 36.7 Å². The number of pyridine rings is 1. The minimum atomic E-state index is -0.482. The highest BCUT2D eigenvalue weighted by atomic mass is 32.1. The second kappa shape index (κ2) is 9.51. The van der Waals surface area contributed by atoms with Crippen LogP contribution in [0.25, 0.3) is 10.1 Å². The normalized spacial score (nSPS) is 11.8. The van der Waals surface area contributed by atoms with E-state index in [1.165, 1.54) is 11.3 Å². The predicted molar refractivity (Wildman–Crippen MR) is 122 cm³/mol. The number of hydrogen-bond acceptors (Lipinski definition) is 6. The molecule has 1 atom stereocenters. The van der Waals surface area contributed by atoms with Crippen LogP contribution in [0.4, 0.5) is 5.00 Å². The van der Waals surface area contributed by atoms with Gasteiger partial charge in [-0.1, -0.05) is 42.5 Å². The lowest BCUT2D eigenvalue weighted by molar-refractivity contribution is -0.117. The van der Waals surface area contributed by atoms with Crippen LogP contribution in [0, 0.1) is 0 Å². The summed E-state index contributed by atoms with van der Waals surface area (Å²) in [4.78, 5) is 29.0. The molecule has 0 aliphatic rings. The Kier molecular flexibility index (Phi) is 6.35. The maximum absolute atomic E-state index is 12.8. The molecule has 2 aromatic heterocycles. The number of esters is 1. The first-order chi connectivity index (χ1) is 15.1. The van der Waals surface area contributed by atoms with Crippen LogP contribution in [0.2, 0.25) is 0 Å². The van der Waals surface area contributed by atoms with Gasteiger partial charge in [0, 0.05) is 18.9 Å². The molecule has 2 heterocycles. The van der Waals surface area contributed by atoms with Gasteiger partial charge in [0.1, 0.15) is 6.61 Å². The van der Waals surface area contributed by atoms with E-state index >= 15 is 0 Å². The van der Waals surface area contributed by atoms with Crippen molar-refractivity contribution in [2.45, 2.75) is 12.5 Å². The van der Waals surface area contributed by atoms with Gasteiger partial charge in [-0.3, -0.25) is 9.78 Å². The quantitative estimate of drug-likeness (QED) is 0.425. The maximum atomic E-state index is 12.8. The SMILES string of the molecule is NCC(C(=O)Nc1cc2ccncc2s1)c1ccc(COC(=O)c2ccccc2)cc1. The van der Waals surface area contributed by atoms with Crippen LogP contribution in [0.1, 0.15) is 27.4 Å². The summed E-state index contributed by atoms with van der Waals surface area (Å²) in [7, 11) is 0. The summed E-state index contributed by atoms with van der Waals surface area (Å²) in [6, 6.07) is 20.1. The lowest BCUT2D eigenvalue weighted by Crippen LogP contribution is -2.27. The smallest absolute Gasteiger partial charge is 0.338 e. The third-order valence-corrected chi connectivity index (χ3v) is 5.88. The summed E-state index contributed by atoms with van der Waals surface area (Å²) in [6.45, 7) is 0.337. The van der Waals surface area contributed by atoms with Crippen molar-refractivity contribution < 1.29 is 14.3 Å². The molecule has 2 aromatic carbocycles. The van der Waals surface area contributed by atoms with Crippen molar-refractivity contribution in [3.8, 4) is 0 Å². The zero-order valence-electron chi connectivity index (χ0n) is 16.7. The molecule has 0 saturated heterocycles. The lowest BCUT2D eigenvalue weighted by atomic mass is 9.97. The number of nitrogens with zero attached hydrogens (tertiary/aromatic N) is 1. The zero-order valence-corrected chi connectivity index (χ0v) is 17.5. The first-order valence-corrected chi connectivity index (χ1v) is 10.6. The topological polar surface area (TPSA) is 94.3 Å². The molecule has 1 amide bonds. The van der Waals surface area contributed by atoms with Gasteiger partial charge in [0.25, 0.3) is 0 Å². The van der Waals surface area contributed by atoms with Gasteiger partial charge in [-0.05, 0) is 40.8 Å². The summed E-state index contributed by atoms with van der Waals surface area (Å²) in [5.74, 6) is -1.02. The van der Waals surface area contributed by atoms with Crippen LogP contribution < -0.4 is 11.1 Å². The summed E-state index contributed by atoms with van der Waals surface area (Å²) in [6.07, 6.45) is 3.50. The molecule has 31 heavy (non-hydrogen) atoms. The van der Waals surface area contributed by atoms with Gasteiger partial charge >= 0.3 is 5.97 Å². The number of carbonyl (C=O) groups excluding carboxylic acids is 2. The van der Waals surface area contributed by atoms with Crippen molar-refractivity contribution in [2.75, 3.05) is 11.9 Å². The average molecular weight is 432 g/mol. The number of hydrogen-bond donors (Lipinski definition) is 2. The number of nitrogens with one attached hydrogen (secondary N) is 1. The largest absolute Gasteiger partial charge is 0.457 e. The fraction of sp³-hybridized carbons (Fsp3) is 0.125. The van der Waals surface area contributed by atoms with Crippen molar-refractivity contribution in [2.24, 2.45) is 5.73 Å². The standard InChI is InChI=1S/C24H21N3O3S/c25-13-20(23(28)27-22-12-19-10-11-26-14-21(19)31-22)17-8-6-16(7-9-17)15-30-24(29)18-4-2-1-3-5-18/h1-12,14,20H,13,15,25H2,(H,27,28). The van der Waals surface area contributed by atoms with E-state index in [1.807, 2.05) is 42.5 Å². The molecular formula is C24H21N3O3S. The third-order valence-electron chi connectivity index (χ3n) is 4.88. The van der Waals surface area contributed by atoms with Crippen LogP contribution in [0.5, 0.6) is 0 Å². The molecule has 4 rings (SSSR count). The molecule has 0 aliphatic heterocycles. The Morgan fingerprint density at radius 1 is 1.06 bits per heavy atom. The van der Waals surface area contributed by atoms with Gasteiger partial charge in [0.15, 0.2) is 0 Å². The van der Waals surface area contributed by atoms with Crippen LogP contribution >= 0.6 is 11.3 Å². The van der Waals surface area contributed by atoms with Crippen molar-refractivity contribution in [3.63, 3.8) is 0 Å². The number of rotatable bonds is 7. The molecule has 3 N–H and O–H groups in total. The Hall–Kier alpha value is -3.55. The van der Waals surface area contributed by atoms with Crippen molar-refractivity contribution in [1.29, 1.82) is 0 Å². The molecule has 6 nitrogen and oxygen atoms in total. The van der Waals surface area contributed by atoms with Gasteiger partial charge in [-0.25, -0.2) is 4.79 Å². The Bertz CT molecular complexity index is 1160. The lowest BCUT2D eigenvalue weighted by Gasteiger charge is -2.15. The van der Waals surface area contributed by atoms with Gasteiger partial charge in [-0.2, -0.15) is 0 Å². The van der Waals surface area contributed by atoms with E-state index in [0.717, 1.165) is 26.2 Å². The van der Waals surface area contributed by atoms with E-state index in [0.29, 0.717) is 5.56 Å². The molecule has 0 fully saturated rings. The summed E-state index contributed by atoms with van der Waals surface area (Å²) in [5.41, 5.74) is 8.05. The van der Waals surface area contributed by atoms with Gasteiger partial charge in [0.05, 0.1) is 21.2 Å². The van der Waals surface area contributed by atoms with E-state index in [4.69, 9.17) is 10.5 Å². The molecule has 0 radical (unpaired) electrons. The van der Waals surface area contributed by atoms with Crippen LogP contribution in [0.3, 0.4) is 0 Å². The Morgan fingerprint density at radius 2 is 1.84 bits per heavy atom. The molecule has 4 aromatic rings. The van der Waals surface area contributed by atoms with Crippen LogP contribution in [-0.4, -0.2) is 23.4 Å². The minimum absolute atomic E-state index is 0.156. The third kappa shape index (κ3) is 4.96. The number of amides is 1. The summed E-state index contributed by atoms with van der Waals surface area (Å²) >= 11 is 1.47. The molecular weight excluding hydrogens is 410 g/mol. The summed E-state index contributed by atoms with van der Waals surface area (Å²) in [5, 5.41) is 4.75. The fourth-order valence-corrected chi connectivity index (χ4v) is 4.13. The van der Waals surface area contributed by atoms with Crippen molar-refractivity contribution in [3.05, 3.63) is 95.8 Å². The van der Waals surface area contributed by atoms with Crippen LogP contribution in [0.15, 0.2) is 79.1 Å². The average Bonchev–Trinajstić information content (AvgIpc) is 3.21.